The second-order valence-electron chi connectivity index (χ2n) is 5.35. The molecule has 0 amide bonds. The Morgan fingerprint density at radius 3 is 2.82 bits per heavy atom. The van der Waals surface area contributed by atoms with Crippen molar-refractivity contribution in [3.63, 3.8) is 0 Å². The molecule has 1 fully saturated rings. The Labute approximate surface area is 105 Å². The van der Waals surface area contributed by atoms with Crippen LogP contribution < -0.4 is 0 Å². The molecule has 1 aliphatic rings. The number of carbonyl (C=O) groups is 1. The average molecular weight is 249 g/mol. The first-order chi connectivity index (χ1) is 7.89. The van der Waals surface area contributed by atoms with Crippen molar-refractivity contribution in [2.24, 2.45) is 5.92 Å². The van der Waals surface area contributed by atoms with Crippen LogP contribution in [0.25, 0.3) is 0 Å². The normalized spacial score (nSPS) is 27.3. The molecule has 90 valence electrons. The number of nitrogens with zero attached hydrogens (tertiary/aromatic N) is 1. The van der Waals surface area contributed by atoms with Gasteiger partial charge in [-0.3, -0.25) is 4.79 Å². The van der Waals surface area contributed by atoms with Gasteiger partial charge in [-0.2, -0.15) is 5.26 Å². The Kier molecular flexibility index (Phi) is 2.75. The van der Waals surface area contributed by atoms with Crippen molar-refractivity contribution in [2.75, 3.05) is 0 Å². The fourth-order valence-electron chi connectivity index (χ4n) is 1.90. The van der Waals surface area contributed by atoms with Crippen molar-refractivity contribution in [3.05, 3.63) is 22.4 Å². The Hall–Kier alpha value is -1.34. The fourth-order valence-corrected chi connectivity index (χ4v) is 2.85. The van der Waals surface area contributed by atoms with Gasteiger partial charge in [0.15, 0.2) is 0 Å². The van der Waals surface area contributed by atoms with Gasteiger partial charge < -0.3 is 4.74 Å². The molecule has 0 bridgehead atoms. The minimum atomic E-state index is -0.628. The van der Waals surface area contributed by atoms with E-state index in [0.29, 0.717) is 6.42 Å². The second-order valence-corrected chi connectivity index (χ2v) is 6.30. The summed E-state index contributed by atoms with van der Waals surface area (Å²) in [6, 6.07) is 6.10. The highest BCUT2D eigenvalue weighted by Crippen LogP contribution is 2.56. The molecule has 1 heterocycles. The van der Waals surface area contributed by atoms with E-state index in [1.807, 2.05) is 38.3 Å². The average Bonchev–Trinajstić information content (AvgIpc) is 2.72. The lowest BCUT2D eigenvalue weighted by atomic mass is 10.0. The molecule has 1 aromatic heterocycles. The van der Waals surface area contributed by atoms with Gasteiger partial charge in [0, 0.05) is 4.88 Å². The lowest BCUT2D eigenvalue weighted by Gasteiger charge is -2.20. The van der Waals surface area contributed by atoms with Crippen LogP contribution in [0.5, 0.6) is 0 Å². The van der Waals surface area contributed by atoms with E-state index in [2.05, 4.69) is 6.07 Å². The highest BCUT2D eigenvalue weighted by Gasteiger charge is 2.62. The van der Waals surface area contributed by atoms with Gasteiger partial charge in [-0.05, 0) is 38.6 Å². The van der Waals surface area contributed by atoms with Crippen molar-refractivity contribution in [2.45, 2.75) is 38.2 Å². The number of esters is 1. The Bertz CT molecular complexity index is 467. The van der Waals surface area contributed by atoms with Crippen LogP contribution in [-0.4, -0.2) is 11.6 Å². The van der Waals surface area contributed by atoms with Crippen LogP contribution in [0.3, 0.4) is 0 Å². The van der Waals surface area contributed by atoms with Crippen LogP contribution in [0.4, 0.5) is 0 Å². The molecule has 0 aliphatic heterocycles. The van der Waals surface area contributed by atoms with Crippen LogP contribution in [0, 0.1) is 17.2 Å². The predicted octanol–water partition coefficient (Wildman–Crippen LogP) is 2.87. The van der Waals surface area contributed by atoms with Crippen LogP contribution in [-0.2, 0) is 14.9 Å². The second kappa shape index (κ2) is 3.85. The molecular weight excluding hydrogens is 234 g/mol. The lowest BCUT2D eigenvalue weighted by Crippen LogP contribution is -2.26. The van der Waals surface area contributed by atoms with E-state index in [4.69, 9.17) is 4.74 Å². The minimum absolute atomic E-state index is 0.257. The number of rotatable bonds is 2. The number of hydrogen-bond donors (Lipinski definition) is 0. The van der Waals surface area contributed by atoms with Gasteiger partial charge in [0.2, 0.25) is 0 Å². The summed E-state index contributed by atoms with van der Waals surface area (Å²) in [5, 5.41) is 11.2. The molecule has 1 saturated carbocycles. The fraction of sp³-hybridized carbons (Fsp3) is 0.538. The highest BCUT2D eigenvalue weighted by molar-refractivity contribution is 7.10. The molecule has 1 aromatic rings. The van der Waals surface area contributed by atoms with Crippen LogP contribution in [0.1, 0.15) is 32.1 Å². The first kappa shape index (κ1) is 12.1. The van der Waals surface area contributed by atoms with Crippen LogP contribution in [0.2, 0.25) is 0 Å². The number of nitriles is 1. The molecule has 0 saturated heterocycles. The minimum Gasteiger partial charge on any atom is -0.460 e. The van der Waals surface area contributed by atoms with E-state index in [1.165, 1.54) is 11.3 Å². The summed E-state index contributed by atoms with van der Waals surface area (Å²) in [7, 11) is 0. The van der Waals surface area contributed by atoms with Gasteiger partial charge in [0.1, 0.15) is 11.0 Å². The molecular formula is C13H15NO2S. The maximum absolute atomic E-state index is 11.9. The van der Waals surface area contributed by atoms with Crippen LogP contribution >= 0.6 is 11.3 Å². The molecule has 4 heteroatoms. The predicted molar refractivity (Wildman–Crippen MR) is 65.6 cm³/mol. The third-order valence-electron chi connectivity index (χ3n) is 2.81. The SMILES string of the molecule is CC(C)(C)OC(=O)[C@@H]1C[C@]1(C#N)c1cccs1. The quantitative estimate of drug-likeness (QED) is 0.757. The molecule has 0 N–H and O–H groups in total. The van der Waals surface area contributed by atoms with E-state index in [1.54, 1.807) is 0 Å². The molecule has 0 spiro atoms. The van der Waals surface area contributed by atoms with Gasteiger partial charge in [-0.15, -0.1) is 11.3 Å². The molecule has 2 rings (SSSR count). The third kappa shape index (κ3) is 2.20. The molecule has 17 heavy (non-hydrogen) atoms. The maximum atomic E-state index is 11.9. The smallest absolute Gasteiger partial charge is 0.311 e. The van der Waals surface area contributed by atoms with Crippen molar-refractivity contribution >= 4 is 17.3 Å². The van der Waals surface area contributed by atoms with Crippen LogP contribution in [0.15, 0.2) is 17.5 Å². The monoisotopic (exact) mass is 249 g/mol. The Morgan fingerprint density at radius 2 is 2.35 bits per heavy atom. The van der Waals surface area contributed by atoms with E-state index in [9.17, 15) is 10.1 Å². The van der Waals surface area contributed by atoms with E-state index in [0.717, 1.165) is 4.88 Å². The number of ether oxygens (including phenoxy) is 1. The van der Waals surface area contributed by atoms with Gasteiger partial charge >= 0.3 is 5.97 Å². The zero-order valence-corrected chi connectivity index (χ0v) is 11.0. The molecule has 2 atom stereocenters. The first-order valence-corrected chi connectivity index (χ1v) is 6.45. The Morgan fingerprint density at radius 1 is 1.65 bits per heavy atom. The van der Waals surface area contributed by atoms with Crippen molar-refractivity contribution in [3.8, 4) is 6.07 Å². The van der Waals surface area contributed by atoms with Gasteiger partial charge in [-0.25, -0.2) is 0 Å². The third-order valence-corrected chi connectivity index (χ3v) is 3.86. The zero-order chi connectivity index (χ0) is 12.7. The molecule has 1 aliphatic carbocycles. The van der Waals surface area contributed by atoms with E-state index < -0.39 is 11.0 Å². The number of carbonyl (C=O) groups excluding carboxylic acids is 1. The summed E-state index contributed by atoms with van der Waals surface area (Å²) in [6.45, 7) is 5.52. The van der Waals surface area contributed by atoms with Gasteiger partial charge in [-0.1, -0.05) is 6.07 Å². The number of thiophene rings is 1. The Balaban J connectivity index is 2.13. The standard InChI is InChI=1S/C13H15NO2S/c1-12(2,3)16-11(15)9-7-13(9,8-14)10-5-4-6-17-10/h4-6,9H,7H2,1-3H3/t9-,13+/m0/s1. The highest BCUT2D eigenvalue weighted by atomic mass is 32.1. The zero-order valence-electron chi connectivity index (χ0n) is 10.2. The molecule has 0 unspecified atom stereocenters. The van der Waals surface area contributed by atoms with Crippen molar-refractivity contribution < 1.29 is 9.53 Å². The molecule has 0 aromatic carbocycles. The van der Waals surface area contributed by atoms with Gasteiger partial charge in [0.25, 0.3) is 0 Å². The summed E-state index contributed by atoms with van der Waals surface area (Å²) in [6.07, 6.45) is 0.582. The summed E-state index contributed by atoms with van der Waals surface area (Å²) >= 11 is 1.53. The first-order valence-electron chi connectivity index (χ1n) is 5.57. The summed E-state index contributed by atoms with van der Waals surface area (Å²) < 4.78 is 5.33. The summed E-state index contributed by atoms with van der Waals surface area (Å²) in [5.41, 5.74) is -1.12. The molecule has 3 nitrogen and oxygen atoms in total. The maximum Gasteiger partial charge on any atom is 0.311 e. The summed E-state index contributed by atoms with van der Waals surface area (Å²) in [5.74, 6) is -0.558. The summed E-state index contributed by atoms with van der Waals surface area (Å²) in [4.78, 5) is 12.9. The van der Waals surface area contributed by atoms with Gasteiger partial charge in [0.05, 0.1) is 12.0 Å². The van der Waals surface area contributed by atoms with Crippen molar-refractivity contribution in [1.82, 2.24) is 0 Å². The van der Waals surface area contributed by atoms with Crippen molar-refractivity contribution in [1.29, 1.82) is 5.26 Å². The van der Waals surface area contributed by atoms with E-state index >= 15 is 0 Å². The largest absolute Gasteiger partial charge is 0.460 e. The topological polar surface area (TPSA) is 50.1 Å². The van der Waals surface area contributed by atoms with E-state index in [-0.39, 0.29) is 11.9 Å². The molecule has 0 radical (unpaired) electrons. The lowest BCUT2D eigenvalue weighted by molar-refractivity contribution is -0.156. The number of hydrogen-bond acceptors (Lipinski definition) is 4.